The number of nitro benzene ring substituents is 2. The minimum atomic E-state index is -4.58. The fraction of sp³-hybridized carbons (Fsp3) is 0.0870. The first-order chi connectivity index (χ1) is 19.4. The molecule has 0 amide bonds. The van der Waals surface area contributed by atoms with E-state index in [1.807, 2.05) is 0 Å². The van der Waals surface area contributed by atoms with Crippen LogP contribution in [0.15, 0.2) is 84.8 Å². The molecule has 2 aromatic carbocycles. The zero-order chi connectivity index (χ0) is 29.5. The van der Waals surface area contributed by atoms with Crippen molar-refractivity contribution >= 4 is 37.1 Å². The van der Waals surface area contributed by atoms with Gasteiger partial charge in [0.05, 0.1) is 45.9 Å². The molecule has 0 spiro atoms. The first-order valence-electron chi connectivity index (χ1n) is 11.3. The van der Waals surface area contributed by atoms with Crippen LogP contribution in [-0.2, 0) is 33.1 Å². The lowest BCUT2D eigenvalue weighted by atomic mass is 10.0. The van der Waals surface area contributed by atoms with E-state index in [0.29, 0.717) is 0 Å². The molecule has 0 bridgehead atoms. The summed E-state index contributed by atoms with van der Waals surface area (Å²) in [5.74, 6) is 0.475. The average molecular weight is 604 g/mol. The van der Waals surface area contributed by atoms with Crippen molar-refractivity contribution in [3.05, 3.63) is 104 Å². The highest BCUT2D eigenvalue weighted by Crippen LogP contribution is 2.47. The summed E-state index contributed by atoms with van der Waals surface area (Å²) in [6, 6.07) is 9.38. The molecule has 0 aliphatic heterocycles. The van der Waals surface area contributed by atoms with Gasteiger partial charge < -0.3 is 14.0 Å². The van der Waals surface area contributed by atoms with E-state index < -0.39 is 56.8 Å². The van der Waals surface area contributed by atoms with Crippen LogP contribution in [0.25, 0.3) is 11.1 Å². The zero-order valence-corrected chi connectivity index (χ0v) is 22.0. The minimum absolute atomic E-state index is 0.205. The average Bonchev–Trinajstić information content (AvgIpc) is 3.70. The molecule has 0 unspecified atom stereocenters. The Kier molecular flexibility index (Phi) is 6.91. The molecule has 0 saturated heterocycles. The molecule has 41 heavy (non-hydrogen) atoms. The highest BCUT2D eigenvalue weighted by atomic mass is 32.2. The van der Waals surface area contributed by atoms with Gasteiger partial charge in [-0.15, -0.1) is 0 Å². The Morgan fingerprint density at radius 1 is 0.780 bits per heavy atom. The maximum absolute atomic E-state index is 13.1. The van der Waals surface area contributed by atoms with Crippen molar-refractivity contribution < 1.29 is 40.7 Å². The van der Waals surface area contributed by atoms with Crippen LogP contribution in [0.1, 0.15) is 22.6 Å². The van der Waals surface area contributed by atoms with Crippen molar-refractivity contribution in [1.82, 2.24) is 9.44 Å². The van der Waals surface area contributed by atoms with E-state index in [1.165, 1.54) is 36.8 Å². The SMILES string of the molecule is O=[N+]([O-])c1cc2c(cc1S(=O)(=O)NCc1ccco1)/C(=N/O)c1cc(S(=O)(=O)NCc3ccco3)cc([N+](=O)[O-])c1-2. The molecule has 0 radical (unpaired) electrons. The Bertz CT molecular complexity index is 1930. The predicted octanol–water partition coefficient (Wildman–Crippen LogP) is 2.85. The third-order valence-corrected chi connectivity index (χ3v) is 8.91. The smallest absolute Gasteiger partial charge is 0.290 e. The highest BCUT2D eigenvalue weighted by Gasteiger charge is 2.39. The summed E-state index contributed by atoms with van der Waals surface area (Å²) in [5.41, 5.74) is -3.11. The molecule has 0 saturated carbocycles. The minimum Gasteiger partial charge on any atom is -0.468 e. The van der Waals surface area contributed by atoms with Crippen LogP contribution in [0.4, 0.5) is 11.4 Å². The lowest BCUT2D eigenvalue weighted by Crippen LogP contribution is -2.24. The molecule has 0 fully saturated rings. The number of furan rings is 2. The molecule has 4 aromatic rings. The summed E-state index contributed by atoms with van der Waals surface area (Å²) >= 11 is 0. The maximum Gasteiger partial charge on any atom is 0.290 e. The second-order valence-corrected chi connectivity index (χ2v) is 12.0. The third kappa shape index (κ3) is 5.07. The van der Waals surface area contributed by atoms with Crippen molar-refractivity contribution in [1.29, 1.82) is 0 Å². The maximum atomic E-state index is 13.1. The van der Waals surface area contributed by atoms with Crippen LogP contribution in [0.2, 0.25) is 0 Å². The summed E-state index contributed by atoms with van der Waals surface area (Å²) in [6.07, 6.45) is 2.63. The molecule has 18 heteroatoms. The third-order valence-electron chi connectivity index (χ3n) is 6.10. The molecule has 3 N–H and O–H groups in total. The van der Waals surface area contributed by atoms with Gasteiger partial charge in [0.2, 0.25) is 20.0 Å². The van der Waals surface area contributed by atoms with Crippen molar-refractivity contribution in [2.75, 3.05) is 0 Å². The number of hydrogen-bond donors (Lipinski definition) is 3. The van der Waals surface area contributed by atoms with Crippen molar-refractivity contribution in [3.8, 4) is 11.1 Å². The summed E-state index contributed by atoms with van der Waals surface area (Å²) in [5, 5.41) is 36.9. The number of sulfonamides is 2. The van der Waals surface area contributed by atoms with Crippen LogP contribution in [0.3, 0.4) is 0 Å². The summed E-state index contributed by atoms with van der Waals surface area (Å²) < 4.78 is 66.7. The zero-order valence-electron chi connectivity index (χ0n) is 20.4. The lowest BCUT2D eigenvalue weighted by Gasteiger charge is -2.09. The van der Waals surface area contributed by atoms with E-state index >= 15 is 0 Å². The molecule has 5 rings (SSSR count). The Labute approximate surface area is 230 Å². The molecule has 16 nitrogen and oxygen atoms in total. The highest BCUT2D eigenvalue weighted by molar-refractivity contribution is 7.89. The summed E-state index contributed by atoms with van der Waals surface area (Å²) in [7, 11) is -8.97. The van der Waals surface area contributed by atoms with Gasteiger partial charge in [0.15, 0.2) is 4.90 Å². The van der Waals surface area contributed by atoms with Crippen LogP contribution in [0, 0.1) is 20.2 Å². The molecule has 0 atom stereocenters. The van der Waals surface area contributed by atoms with Crippen LogP contribution in [0.5, 0.6) is 0 Å². The van der Waals surface area contributed by atoms with Gasteiger partial charge >= 0.3 is 0 Å². The van der Waals surface area contributed by atoms with Gasteiger partial charge in [0.1, 0.15) is 17.2 Å². The van der Waals surface area contributed by atoms with Gasteiger partial charge in [0.25, 0.3) is 11.4 Å². The Morgan fingerprint density at radius 3 is 1.88 bits per heavy atom. The largest absolute Gasteiger partial charge is 0.468 e. The van der Waals surface area contributed by atoms with Gasteiger partial charge in [-0.2, -0.15) is 0 Å². The lowest BCUT2D eigenvalue weighted by molar-refractivity contribution is -0.387. The monoisotopic (exact) mass is 603 g/mol. The summed E-state index contributed by atoms with van der Waals surface area (Å²) in [4.78, 5) is 20.7. The van der Waals surface area contributed by atoms with Crippen LogP contribution in [-0.4, -0.2) is 37.6 Å². The van der Waals surface area contributed by atoms with E-state index in [0.717, 1.165) is 24.3 Å². The fourth-order valence-corrected chi connectivity index (χ4v) is 6.48. The van der Waals surface area contributed by atoms with Gasteiger partial charge in [-0.25, -0.2) is 26.3 Å². The van der Waals surface area contributed by atoms with Crippen LogP contribution >= 0.6 is 0 Å². The van der Waals surface area contributed by atoms with E-state index in [4.69, 9.17) is 8.83 Å². The number of fused-ring (bicyclic) bond motifs is 3. The predicted molar refractivity (Wildman–Crippen MR) is 138 cm³/mol. The Balaban J connectivity index is 1.64. The number of nitrogens with zero attached hydrogens (tertiary/aromatic N) is 3. The number of nitro groups is 2. The number of hydrogen-bond acceptors (Lipinski definition) is 12. The fourth-order valence-electron chi connectivity index (χ4n) is 4.27. The second-order valence-electron chi connectivity index (χ2n) is 8.50. The summed E-state index contributed by atoms with van der Waals surface area (Å²) in [6.45, 7) is -0.623. The number of oxime groups is 1. The van der Waals surface area contributed by atoms with E-state index in [1.54, 1.807) is 0 Å². The van der Waals surface area contributed by atoms with Crippen molar-refractivity contribution in [2.24, 2.45) is 5.16 Å². The molecule has 1 aliphatic rings. The topological polar surface area (TPSA) is 237 Å². The first kappa shape index (κ1) is 27.6. The second kappa shape index (κ2) is 10.2. The van der Waals surface area contributed by atoms with Gasteiger partial charge in [-0.3, -0.25) is 20.2 Å². The van der Waals surface area contributed by atoms with Crippen LogP contribution < -0.4 is 9.44 Å². The van der Waals surface area contributed by atoms with Gasteiger partial charge in [-0.1, -0.05) is 5.16 Å². The number of benzene rings is 2. The molecule has 1 aliphatic carbocycles. The van der Waals surface area contributed by atoms with Crippen molar-refractivity contribution in [2.45, 2.75) is 22.9 Å². The van der Waals surface area contributed by atoms with E-state index in [9.17, 15) is 42.3 Å². The molecular formula is C23H17N5O11S2. The molecule has 212 valence electrons. The Hall–Kier alpha value is -4.91. The molecular weight excluding hydrogens is 586 g/mol. The van der Waals surface area contributed by atoms with E-state index in [-0.39, 0.29) is 46.9 Å². The van der Waals surface area contributed by atoms with Gasteiger partial charge in [0, 0.05) is 28.8 Å². The van der Waals surface area contributed by atoms with Gasteiger partial charge in [-0.05, 0) is 36.4 Å². The standard InChI is InChI=1S/C23H17N5O11S2/c29-26-23-17-10-21(41(36,37)25-12-14-4-2-6-39-14)19(27(30)31)9-16(17)22-18(23)7-15(8-20(22)28(32)33)40(34,35)24-11-13-3-1-5-38-13/h1-10,24-25,29H,11-12H2/b26-23-. The first-order valence-corrected chi connectivity index (χ1v) is 14.3. The Morgan fingerprint density at radius 2 is 1.37 bits per heavy atom. The number of nitrogens with one attached hydrogen (secondary N) is 2. The molecule has 2 heterocycles. The molecule has 2 aromatic heterocycles. The normalized spacial score (nSPS) is 13.7. The van der Waals surface area contributed by atoms with Crippen molar-refractivity contribution in [3.63, 3.8) is 0 Å². The number of rotatable bonds is 10. The van der Waals surface area contributed by atoms with E-state index in [2.05, 4.69) is 14.6 Å². The quantitative estimate of drug-likeness (QED) is 0.119.